The predicted molar refractivity (Wildman–Crippen MR) is 120 cm³/mol. The van der Waals surface area contributed by atoms with Gasteiger partial charge in [-0.25, -0.2) is 29.2 Å². The number of methoxy groups -OCH3 is 1. The number of nitrogens with zero attached hydrogens (tertiary/aromatic N) is 4. The van der Waals surface area contributed by atoms with Gasteiger partial charge in [0.1, 0.15) is 17.4 Å². The highest BCUT2D eigenvalue weighted by atomic mass is 19.1. The summed E-state index contributed by atoms with van der Waals surface area (Å²) in [6, 6.07) is 10.3. The third kappa shape index (κ3) is 3.40. The van der Waals surface area contributed by atoms with Crippen LogP contribution < -0.4 is 15.5 Å². The Bertz CT molecular complexity index is 1360. The van der Waals surface area contributed by atoms with E-state index in [1.54, 1.807) is 30.1 Å². The van der Waals surface area contributed by atoms with Crippen LogP contribution in [0, 0.1) is 5.82 Å². The zero-order chi connectivity index (χ0) is 22.5. The van der Waals surface area contributed by atoms with Gasteiger partial charge in [-0.05, 0) is 32.9 Å². The Hall–Kier alpha value is -3.72. The number of rotatable bonds is 5. The Morgan fingerprint density at radius 2 is 2.00 bits per heavy atom. The third-order valence-electron chi connectivity index (χ3n) is 5.41. The topological polar surface area (TPSA) is 85.1 Å². The molecule has 3 heterocycles. The van der Waals surface area contributed by atoms with E-state index in [4.69, 9.17) is 14.6 Å². The van der Waals surface area contributed by atoms with Crippen molar-refractivity contribution in [3.63, 3.8) is 0 Å². The van der Waals surface area contributed by atoms with Crippen molar-refractivity contribution < 1.29 is 14.0 Å². The number of hydroxylamine groups is 1. The molecule has 2 aromatic carbocycles. The molecule has 164 valence electrons. The van der Waals surface area contributed by atoms with E-state index in [0.29, 0.717) is 34.0 Å². The molecule has 1 aliphatic heterocycles. The molecule has 2 aromatic heterocycles. The van der Waals surface area contributed by atoms with E-state index in [-0.39, 0.29) is 11.9 Å². The van der Waals surface area contributed by atoms with E-state index in [2.05, 4.69) is 20.9 Å². The molecule has 5 rings (SSSR count). The summed E-state index contributed by atoms with van der Waals surface area (Å²) in [5.74, 6) is 1.53. The molecule has 0 unspecified atom stereocenters. The van der Waals surface area contributed by atoms with E-state index in [1.807, 2.05) is 45.0 Å². The van der Waals surface area contributed by atoms with Crippen molar-refractivity contribution in [3.05, 3.63) is 65.7 Å². The summed E-state index contributed by atoms with van der Waals surface area (Å²) in [7, 11) is 1.59. The Labute approximate surface area is 184 Å². The molecule has 4 aromatic rings. The Morgan fingerprint density at radius 1 is 1.22 bits per heavy atom. The maximum atomic E-state index is 14.8. The number of nitrogens with one attached hydrogen (secondary N) is 2. The average Bonchev–Trinajstić information content (AvgIpc) is 3.35. The van der Waals surface area contributed by atoms with E-state index >= 15 is 0 Å². The molecule has 2 N–H and O–H groups in total. The highest BCUT2D eigenvalue weighted by Gasteiger charge is 2.28. The fourth-order valence-corrected chi connectivity index (χ4v) is 3.89. The first-order valence-electron chi connectivity index (χ1n) is 10.3. The lowest BCUT2D eigenvalue weighted by atomic mass is 10.00. The first kappa shape index (κ1) is 20.2. The molecule has 1 aliphatic rings. The van der Waals surface area contributed by atoms with Crippen molar-refractivity contribution in [2.24, 2.45) is 4.99 Å². The number of aliphatic imine (C=N–C) groups is 1. The molecule has 1 atom stereocenters. The van der Waals surface area contributed by atoms with Gasteiger partial charge < -0.3 is 10.1 Å². The van der Waals surface area contributed by atoms with Crippen molar-refractivity contribution in [2.45, 2.75) is 32.5 Å². The fourth-order valence-electron chi connectivity index (χ4n) is 3.89. The van der Waals surface area contributed by atoms with Crippen LogP contribution in [0.15, 0.2) is 53.8 Å². The van der Waals surface area contributed by atoms with Crippen LogP contribution in [0.5, 0.6) is 5.75 Å². The number of hydrogen-bond donors (Lipinski definition) is 2. The van der Waals surface area contributed by atoms with Gasteiger partial charge in [0.05, 0.1) is 24.9 Å². The van der Waals surface area contributed by atoms with Crippen molar-refractivity contribution >= 4 is 28.1 Å². The predicted octanol–water partition coefficient (Wildman–Crippen LogP) is 4.22. The SMILES string of the molecule is COc1c([C@@H](C)Nc2ccn3ncc(C4=NC(C)(C)ON4)c3n2)cc(F)c2ccccc12. The quantitative estimate of drug-likeness (QED) is 0.489. The molecule has 0 spiro atoms. The minimum absolute atomic E-state index is 0.269. The van der Waals surface area contributed by atoms with Gasteiger partial charge in [0.2, 0.25) is 0 Å². The molecule has 0 saturated carbocycles. The number of benzene rings is 2. The Kier molecular flexibility index (Phi) is 4.70. The van der Waals surface area contributed by atoms with Gasteiger partial charge >= 0.3 is 0 Å². The summed E-state index contributed by atoms with van der Waals surface area (Å²) in [4.78, 5) is 14.7. The summed E-state index contributed by atoms with van der Waals surface area (Å²) < 4.78 is 22.1. The second-order valence-corrected chi connectivity index (χ2v) is 8.14. The summed E-state index contributed by atoms with van der Waals surface area (Å²) in [6.45, 7) is 5.65. The number of amidine groups is 1. The van der Waals surface area contributed by atoms with Crippen molar-refractivity contribution in [3.8, 4) is 5.75 Å². The lowest BCUT2D eigenvalue weighted by Gasteiger charge is -2.20. The summed E-state index contributed by atoms with van der Waals surface area (Å²) in [5.41, 5.74) is 4.23. The fraction of sp³-hybridized carbons (Fsp3) is 0.261. The van der Waals surface area contributed by atoms with Crippen LogP contribution in [0.1, 0.15) is 37.9 Å². The molecule has 32 heavy (non-hydrogen) atoms. The van der Waals surface area contributed by atoms with Crippen LogP contribution in [0.2, 0.25) is 0 Å². The molecule has 0 bridgehead atoms. The standard InChI is InChI=1S/C23H23FN6O2/c1-13(16-11-18(24)14-7-5-6-8-15(14)20(16)31-4)26-19-9-10-30-22(27-19)17(12-25-30)21-28-23(2,3)32-29-21/h5-13H,1-4H3,(H,26,27)(H,28,29)/t13-/m1/s1. The van der Waals surface area contributed by atoms with Crippen LogP contribution in [0.3, 0.4) is 0 Å². The monoisotopic (exact) mass is 434 g/mol. The molecule has 8 nitrogen and oxygen atoms in total. The second kappa shape index (κ2) is 7.45. The Morgan fingerprint density at radius 3 is 2.72 bits per heavy atom. The van der Waals surface area contributed by atoms with E-state index in [1.165, 1.54) is 6.07 Å². The number of halogens is 1. The molecular formula is C23H23FN6O2. The van der Waals surface area contributed by atoms with Gasteiger partial charge in [0.15, 0.2) is 17.2 Å². The summed E-state index contributed by atoms with van der Waals surface area (Å²) in [5, 5.41) is 8.95. The number of anilines is 1. The van der Waals surface area contributed by atoms with Crippen molar-refractivity contribution in [1.29, 1.82) is 0 Å². The minimum atomic E-state index is -0.662. The Balaban J connectivity index is 1.51. The maximum Gasteiger partial charge on any atom is 0.182 e. The normalized spacial score (nSPS) is 16.1. The zero-order valence-electron chi connectivity index (χ0n) is 18.2. The number of aromatic nitrogens is 3. The van der Waals surface area contributed by atoms with Gasteiger partial charge in [0, 0.05) is 22.5 Å². The third-order valence-corrected chi connectivity index (χ3v) is 5.41. The maximum absolute atomic E-state index is 14.8. The molecule has 0 amide bonds. The number of ether oxygens (including phenoxy) is 1. The summed E-state index contributed by atoms with van der Waals surface area (Å²) in [6.07, 6.45) is 3.49. The first-order chi connectivity index (χ1) is 15.4. The van der Waals surface area contributed by atoms with E-state index in [9.17, 15) is 4.39 Å². The van der Waals surface area contributed by atoms with Gasteiger partial charge in [-0.1, -0.05) is 24.3 Å². The van der Waals surface area contributed by atoms with Gasteiger partial charge in [0.25, 0.3) is 0 Å². The van der Waals surface area contributed by atoms with Gasteiger partial charge in [-0.15, -0.1) is 0 Å². The minimum Gasteiger partial charge on any atom is -0.496 e. The van der Waals surface area contributed by atoms with E-state index < -0.39 is 5.72 Å². The lowest BCUT2D eigenvalue weighted by molar-refractivity contribution is -0.0269. The van der Waals surface area contributed by atoms with E-state index in [0.717, 1.165) is 10.9 Å². The van der Waals surface area contributed by atoms with Crippen LogP contribution in [0.4, 0.5) is 10.2 Å². The van der Waals surface area contributed by atoms with Gasteiger partial charge in [-0.2, -0.15) is 5.10 Å². The van der Waals surface area contributed by atoms with Crippen LogP contribution in [0.25, 0.3) is 16.4 Å². The molecular weight excluding hydrogens is 411 g/mol. The molecule has 0 aliphatic carbocycles. The first-order valence-corrected chi connectivity index (χ1v) is 10.3. The molecule has 0 fully saturated rings. The van der Waals surface area contributed by atoms with Crippen LogP contribution in [-0.2, 0) is 4.84 Å². The average molecular weight is 434 g/mol. The number of fused-ring (bicyclic) bond motifs is 2. The highest BCUT2D eigenvalue weighted by Crippen LogP contribution is 2.36. The molecule has 0 radical (unpaired) electrons. The van der Waals surface area contributed by atoms with Crippen LogP contribution >= 0.6 is 0 Å². The lowest BCUT2D eigenvalue weighted by Crippen LogP contribution is -2.23. The smallest absolute Gasteiger partial charge is 0.182 e. The second-order valence-electron chi connectivity index (χ2n) is 8.14. The number of hydrogen-bond acceptors (Lipinski definition) is 7. The highest BCUT2D eigenvalue weighted by molar-refractivity contribution is 6.03. The van der Waals surface area contributed by atoms with Crippen molar-refractivity contribution in [2.75, 3.05) is 12.4 Å². The molecule has 9 heteroatoms. The zero-order valence-corrected chi connectivity index (χ0v) is 18.2. The van der Waals surface area contributed by atoms with Gasteiger partial charge in [-0.3, -0.25) is 0 Å². The van der Waals surface area contributed by atoms with Crippen LogP contribution in [-0.4, -0.2) is 33.3 Å². The molecule has 0 saturated heterocycles. The summed E-state index contributed by atoms with van der Waals surface area (Å²) >= 11 is 0. The van der Waals surface area contributed by atoms with Crippen molar-refractivity contribution in [1.82, 2.24) is 20.1 Å². The largest absolute Gasteiger partial charge is 0.496 e.